The quantitative estimate of drug-likeness (QED) is 0.494. The molecule has 3 N–H and O–H groups in total. The fraction of sp³-hybridized carbons (Fsp3) is 0.556. The molecule has 0 aromatic carbocycles. The fourth-order valence-electron chi connectivity index (χ4n) is 1.51. The van der Waals surface area contributed by atoms with Crippen molar-refractivity contribution in [3.8, 4) is 0 Å². The number of carbonyl (C=O) groups is 1. The lowest BCUT2D eigenvalue weighted by Gasteiger charge is -2.15. The first kappa shape index (κ1) is 12.2. The molecule has 84 valence electrons. The number of carbonyl (C=O) groups excluding carboxylic acids is 1. The van der Waals surface area contributed by atoms with Gasteiger partial charge in [-0.25, -0.2) is 5.84 Å². The zero-order chi connectivity index (χ0) is 11.6. The zero-order valence-electron chi connectivity index (χ0n) is 9.04. The molecule has 0 aliphatic carbocycles. The first-order valence-electron chi connectivity index (χ1n) is 4.74. The molecule has 1 heterocycles. The number of hydrogen-bond donors (Lipinski definition) is 2. The van der Waals surface area contributed by atoms with E-state index in [-0.39, 0.29) is 11.9 Å². The first-order chi connectivity index (χ1) is 7.02. The molecule has 0 aliphatic heterocycles. The minimum Gasteiger partial charge on any atom is -0.292 e. The molecule has 5 nitrogen and oxygen atoms in total. The number of rotatable bonds is 3. The highest BCUT2D eigenvalue weighted by atomic mass is 79.9. The number of hydrogen-bond acceptors (Lipinski definition) is 3. The average Bonchev–Trinajstić information content (AvgIpc) is 2.47. The topological polar surface area (TPSA) is 72.9 Å². The summed E-state index contributed by atoms with van der Waals surface area (Å²) in [6, 6.07) is -0.347. The Balaban J connectivity index is 3.13. The summed E-state index contributed by atoms with van der Waals surface area (Å²) in [5, 5.41) is 4.30. The highest BCUT2D eigenvalue weighted by molar-refractivity contribution is 9.10. The van der Waals surface area contributed by atoms with Crippen molar-refractivity contribution in [3.05, 3.63) is 15.9 Å². The molecular formula is C9H15BrN4O. The van der Waals surface area contributed by atoms with Crippen LogP contribution >= 0.6 is 15.9 Å². The standard InChI is InChI=1S/C9H15BrN4O/c1-4-7(9(15)12-11)14-6(3)8(10)5(2)13-14/h7H,4,11H2,1-3H3,(H,12,15)/t7-/m0/s1. The third kappa shape index (κ3) is 2.21. The van der Waals surface area contributed by atoms with Crippen molar-refractivity contribution >= 4 is 21.8 Å². The third-order valence-electron chi connectivity index (χ3n) is 2.36. The van der Waals surface area contributed by atoms with E-state index < -0.39 is 0 Å². The third-order valence-corrected chi connectivity index (χ3v) is 3.51. The Hall–Kier alpha value is -0.880. The van der Waals surface area contributed by atoms with Crippen molar-refractivity contribution in [1.82, 2.24) is 15.2 Å². The molecule has 0 fully saturated rings. The summed E-state index contributed by atoms with van der Waals surface area (Å²) < 4.78 is 2.63. The molecule has 6 heteroatoms. The van der Waals surface area contributed by atoms with Crippen LogP contribution in [0.5, 0.6) is 0 Å². The Labute approximate surface area is 97.1 Å². The van der Waals surface area contributed by atoms with E-state index in [1.807, 2.05) is 20.8 Å². The van der Waals surface area contributed by atoms with Crippen molar-refractivity contribution in [2.24, 2.45) is 5.84 Å². The molecule has 15 heavy (non-hydrogen) atoms. The summed E-state index contributed by atoms with van der Waals surface area (Å²) in [5.41, 5.74) is 3.96. The molecule has 0 bridgehead atoms. The molecule has 0 radical (unpaired) electrons. The molecule has 0 aliphatic rings. The van der Waals surface area contributed by atoms with Crippen LogP contribution in [0, 0.1) is 13.8 Å². The van der Waals surface area contributed by atoms with E-state index >= 15 is 0 Å². The normalized spacial score (nSPS) is 12.6. The Morgan fingerprint density at radius 1 is 1.67 bits per heavy atom. The average molecular weight is 275 g/mol. The van der Waals surface area contributed by atoms with Gasteiger partial charge in [0, 0.05) is 0 Å². The van der Waals surface area contributed by atoms with Crippen LogP contribution in [-0.2, 0) is 4.79 Å². The monoisotopic (exact) mass is 274 g/mol. The lowest BCUT2D eigenvalue weighted by molar-refractivity contribution is -0.124. The molecule has 1 aromatic rings. The Morgan fingerprint density at radius 2 is 2.27 bits per heavy atom. The molecule has 1 aromatic heterocycles. The maximum atomic E-state index is 11.5. The molecule has 1 rings (SSSR count). The minimum absolute atomic E-state index is 0.226. The van der Waals surface area contributed by atoms with Crippen molar-refractivity contribution in [3.63, 3.8) is 0 Å². The summed E-state index contributed by atoms with van der Waals surface area (Å²) in [6.45, 7) is 5.72. The van der Waals surface area contributed by atoms with Gasteiger partial charge in [0.2, 0.25) is 0 Å². The van der Waals surface area contributed by atoms with Crippen LogP contribution in [-0.4, -0.2) is 15.7 Å². The largest absolute Gasteiger partial charge is 0.292 e. The Morgan fingerprint density at radius 3 is 2.60 bits per heavy atom. The van der Waals surface area contributed by atoms with E-state index in [1.165, 1.54) is 0 Å². The van der Waals surface area contributed by atoms with Crippen LogP contribution in [0.2, 0.25) is 0 Å². The summed E-state index contributed by atoms with van der Waals surface area (Å²) in [7, 11) is 0. The predicted octanol–water partition coefficient (Wildman–Crippen LogP) is 1.20. The van der Waals surface area contributed by atoms with Gasteiger partial charge in [0.25, 0.3) is 5.91 Å². The van der Waals surface area contributed by atoms with Crippen LogP contribution in [0.3, 0.4) is 0 Å². The van der Waals surface area contributed by atoms with Gasteiger partial charge in [-0.2, -0.15) is 5.10 Å². The van der Waals surface area contributed by atoms with Gasteiger partial charge in [0.05, 0.1) is 15.9 Å². The van der Waals surface area contributed by atoms with Crippen molar-refractivity contribution in [2.75, 3.05) is 0 Å². The number of nitrogens with two attached hydrogens (primary N) is 1. The van der Waals surface area contributed by atoms with Gasteiger partial charge in [0.15, 0.2) is 0 Å². The smallest absolute Gasteiger partial charge is 0.258 e. The number of halogens is 1. The van der Waals surface area contributed by atoms with Gasteiger partial charge in [-0.05, 0) is 36.2 Å². The van der Waals surface area contributed by atoms with Crippen LogP contribution in [0.15, 0.2) is 4.47 Å². The number of hydrazine groups is 1. The second-order valence-corrected chi connectivity index (χ2v) is 4.16. The van der Waals surface area contributed by atoms with Gasteiger partial charge in [0.1, 0.15) is 6.04 Å². The first-order valence-corrected chi connectivity index (χ1v) is 5.53. The lowest BCUT2D eigenvalue weighted by Crippen LogP contribution is -2.37. The molecule has 0 saturated carbocycles. The molecule has 0 saturated heterocycles. The van der Waals surface area contributed by atoms with Crippen molar-refractivity contribution < 1.29 is 4.79 Å². The molecule has 0 spiro atoms. The second kappa shape index (κ2) is 4.76. The SMILES string of the molecule is CC[C@@H](C(=O)NN)n1nc(C)c(Br)c1C. The molecule has 0 unspecified atom stereocenters. The van der Waals surface area contributed by atoms with E-state index in [4.69, 9.17) is 5.84 Å². The van der Waals surface area contributed by atoms with E-state index in [0.717, 1.165) is 15.9 Å². The highest BCUT2D eigenvalue weighted by Gasteiger charge is 2.22. The number of aromatic nitrogens is 2. The van der Waals surface area contributed by atoms with Gasteiger partial charge in [-0.15, -0.1) is 0 Å². The van der Waals surface area contributed by atoms with Crippen molar-refractivity contribution in [1.29, 1.82) is 0 Å². The molecule has 1 atom stereocenters. The zero-order valence-corrected chi connectivity index (χ0v) is 10.6. The van der Waals surface area contributed by atoms with E-state index in [9.17, 15) is 4.79 Å². The summed E-state index contributed by atoms with van der Waals surface area (Å²) in [6.07, 6.45) is 0.650. The van der Waals surface area contributed by atoms with E-state index in [0.29, 0.717) is 6.42 Å². The van der Waals surface area contributed by atoms with Crippen LogP contribution < -0.4 is 11.3 Å². The second-order valence-electron chi connectivity index (χ2n) is 3.36. The Kier molecular flexibility index (Phi) is 3.87. The van der Waals surface area contributed by atoms with Gasteiger partial charge >= 0.3 is 0 Å². The number of amides is 1. The number of nitrogens with zero attached hydrogens (tertiary/aromatic N) is 2. The number of aryl methyl sites for hydroxylation is 1. The molecular weight excluding hydrogens is 260 g/mol. The predicted molar refractivity (Wildman–Crippen MR) is 61.1 cm³/mol. The van der Waals surface area contributed by atoms with E-state index in [2.05, 4.69) is 26.5 Å². The maximum Gasteiger partial charge on any atom is 0.258 e. The fourth-order valence-corrected chi connectivity index (χ4v) is 1.77. The number of nitrogens with one attached hydrogen (secondary N) is 1. The summed E-state index contributed by atoms with van der Waals surface area (Å²) >= 11 is 3.42. The molecule has 1 amide bonds. The van der Waals surface area contributed by atoms with Crippen LogP contribution in [0.1, 0.15) is 30.8 Å². The van der Waals surface area contributed by atoms with Gasteiger partial charge < -0.3 is 0 Å². The summed E-state index contributed by atoms with van der Waals surface area (Å²) in [4.78, 5) is 11.5. The van der Waals surface area contributed by atoms with Gasteiger partial charge in [-0.1, -0.05) is 6.92 Å². The highest BCUT2D eigenvalue weighted by Crippen LogP contribution is 2.24. The minimum atomic E-state index is -0.347. The van der Waals surface area contributed by atoms with Crippen LogP contribution in [0.4, 0.5) is 0 Å². The Bertz CT molecular complexity index is 374. The lowest BCUT2D eigenvalue weighted by atomic mass is 10.2. The van der Waals surface area contributed by atoms with E-state index in [1.54, 1.807) is 4.68 Å². The summed E-state index contributed by atoms with van der Waals surface area (Å²) in [5.74, 6) is 4.90. The van der Waals surface area contributed by atoms with Crippen LogP contribution in [0.25, 0.3) is 0 Å². The van der Waals surface area contributed by atoms with Gasteiger partial charge in [-0.3, -0.25) is 14.9 Å². The maximum absolute atomic E-state index is 11.5. The van der Waals surface area contributed by atoms with Crippen molar-refractivity contribution in [2.45, 2.75) is 33.2 Å².